The smallest absolute Gasteiger partial charge is 0.339 e. The minimum absolute atomic E-state index is 0.0496. The Kier molecular flexibility index (Phi) is 11.2. The van der Waals surface area contributed by atoms with Gasteiger partial charge in [-0.1, -0.05) is 53.9 Å². The van der Waals surface area contributed by atoms with Crippen molar-refractivity contribution in [3.05, 3.63) is 57.1 Å². The molecule has 0 bridgehead atoms. The lowest BCUT2D eigenvalue weighted by atomic mass is 9.94. The third kappa shape index (κ3) is 8.46. The molecule has 0 aromatic heterocycles. The minimum atomic E-state index is -0.362. The largest absolute Gasteiger partial charge is 0.458 e. The Hall–Kier alpha value is -2.60. The maximum atomic E-state index is 13.5. The third-order valence-corrected chi connectivity index (χ3v) is 7.48. The number of halogens is 1. The number of carbonyl (C=O) groups excluding carboxylic acids is 2. The van der Waals surface area contributed by atoms with Gasteiger partial charge in [0, 0.05) is 31.0 Å². The Morgan fingerprint density at radius 2 is 1.92 bits per heavy atom. The zero-order valence-corrected chi connectivity index (χ0v) is 23.5. The molecule has 0 N–H and O–H groups in total. The topological polar surface area (TPSA) is 68.2 Å². The molecule has 2 aliphatic rings. The number of piperidine rings is 1. The number of amides is 1. The van der Waals surface area contributed by atoms with E-state index in [2.05, 4.69) is 31.2 Å². The summed E-state index contributed by atoms with van der Waals surface area (Å²) in [6.45, 7) is 9.44. The molecule has 6 nitrogen and oxygen atoms in total. The third-order valence-electron chi connectivity index (χ3n) is 6.95. The van der Waals surface area contributed by atoms with Crippen LogP contribution in [0, 0.1) is 13.8 Å². The van der Waals surface area contributed by atoms with Crippen LogP contribution >= 0.6 is 11.6 Å². The first-order valence-corrected chi connectivity index (χ1v) is 14.0. The van der Waals surface area contributed by atoms with Crippen LogP contribution in [0.1, 0.15) is 92.3 Å². The van der Waals surface area contributed by atoms with Gasteiger partial charge < -0.3 is 14.5 Å². The van der Waals surface area contributed by atoms with Crippen LogP contribution in [-0.4, -0.2) is 48.3 Å². The molecule has 2 heterocycles. The van der Waals surface area contributed by atoms with Crippen molar-refractivity contribution in [2.24, 2.45) is 5.16 Å². The highest BCUT2D eigenvalue weighted by Gasteiger charge is 2.24. The van der Waals surface area contributed by atoms with E-state index in [1.807, 2.05) is 30.9 Å². The van der Waals surface area contributed by atoms with Gasteiger partial charge in [-0.25, -0.2) is 4.79 Å². The normalized spacial score (nSPS) is 22.9. The molecule has 1 aromatic rings. The second-order valence-electron chi connectivity index (χ2n) is 10.2. The van der Waals surface area contributed by atoms with Crippen LogP contribution < -0.4 is 0 Å². The molecule has 202 valence electrons. The van der Waals surface area contributed by atoms with Crippen LogP contribution in [-0.2, 0) is 20.8 Å². The van der Waals surface area contributed by atoms with Crippen molar-refractivity contribution in [2.75, 3.05) is 19.7 Å². The van der Waals surface area contributed by atoms with Gasteiger partial charge in [-0.3, -0.25) is 4.79 Å². The highest BCUT2D eigenvalue weighted by Crippen LogP contribution is 2.30. The molecule has 7 heteroatoms. The van der Waals surface area contributed by atoms with Gasteiger partial charge in [-0.2, -0.15) is 0 Å². The standard InChI is InChI=1S/C30H41ClN2O4/c1-5-12-25-14-9-6-8-13-21(2)17-24(32-36-20-27(34)33-15-10-7-11-16-33)19-26-28(30(35)37-25)22(3)18-23(4)29(26)31/h6,9,17-18,25H,5,7-8,10-16,19-20H2,1-4H3/b9-6+,21-17+,32-24+. The van der Waals surface area contributed by atoms with E-state index >= 15 is 0 Å². The van der Waals surface area contributed by atoms with Gasteiger partial charge in [0.25, 0.3) is 5.91 Å². The molecule has 3 rings (SSSR count). The lowest BCUT2D eigenvalue weighted by molar-refractivity contribution is -0.137. The number of aryl methyl sites for hydroxylation is 2. The summed E-state index contributed by atoms with van der Waals surface area (Å²) < 4.78 is 5.99. The number of nitrogens with zero attached hydrogens (tertiary/aromatic N) is 2. The summed E-state index contributed by atoms with van der Waals surface area (Å²) in [5.41, 5.74) is 4.64. The van der Waals surface area contributed by atoms with Gasteiger partial charge in [-0.15, -0.1) is 0 Å². The number of likely N-dealkylation sites (tertiary alicyclic amines) is 1. The molecule has 37 heavy (non-hydrogen) atoms. The second kappa shape index (κ2) is 14.4. The van der Waals surface area contributed by atoms with Gasteiger partial charge in [0.1, 0.15) is 6.10 Å². The number of fused-ring (bicyclic) bond motifs is 1. The lowest BCUT2D eigenvalue weighted by Crippen LogP contribution is -2.37. The average Bonchev–Trinajstić information content (AvgIpc) is 2.86. The quantitative estimate of drug-likeness (QED) is 0.237. The summed E-state index contributed by atoms with van der Waals surface area (Å²) in [5, 5.41) is 4.90. The Morgan fingerprint density at radius 3 is 2.65 bits per heavy atom. The fraction of sp³-hybridized carbons (Fsp3) is 0.567. The van der Waals surface area contributed by atoms with E-state index in [0.717, 1.165) is 74.7 Å². The summed E-state index contributed by atoms with van der Waals surface area (Å²) in [6.07, 6.45) is 13.7. The summed E-state index contributed by atoms with van der Waals surface area (Å²) in [7, 11) is 0. The number of hydrogen-bond acceptors (Lipinski definition) is 5. The first-order chi connectivity index (χ1) is 17.8. The number of oxime groups is 1. The summed E-state index contributed by atoms with van der Waals surface area (Å²) >= 11 is 6.79. The summed E-state index contributed by atoms with van der Waals surface area (Å²) in [4.78, 5) is 33.4. The molecule has 1 fully saturated rings. The zero-order chi connectivity index (χ0) is 26.8. The SMILES string of the molecule is CCCC1C/C=C/CC/C(C)=C/C(=N\OCC(=O)N2CCCCC2)Cc2c(Cl)c(C)cc(C)c2C(=O)O1. The molecule has 1 aromatic carbocycles. The van der Waals surface area contributed by atoms with Crippen LogP contribution in [0.25, 0.3) is 0 Å². The van der Waals surface area contributed by atoms with Crippen LogP contribution in [0.5, 0.6) is 0 Å². The maximum Gasteiger partial charge on any atom is 0.339 e. The monoisotopic (exact) mass is 528 g/mol. The van der Waals surface area contributed by atoms with Gasteiger partial charge in [0.05, 0.1) is 11.3 Å². The van der Waals surface area contributed by atoms with Crippen molar-refractivity contribution in [2.45, 2.75) is 91.6 Å². The second-order valence-corrected chi connectivity index (χ2v) is 10.6. The first-order valence-electron chi connectivity index (χ1n) is 13.6. The predicted octanol–water partition coefficient (Wildman–Crippen LogP) is 6.90. The highest BCUT2D eigenvalue weighted by molar-refractivity contribution is 6.33. The van der Waals surface area contributed by atoms with Crippen LogP contribution in [0.15, 0.2) is 35.0 Å². The molecule has 0 saturated carbocycles. The number of carbonyl (C=O) groups is 2. The minimum Gasteiger partial charge on any atom is -0.458 e. The van der Waals surface area contributed by atoms with E-state index in [1.165, 1.54) is 0 Å². The molecular weight excluding hydrogens is 488 g/mol. The van der Waals surface area contributed by atoms with E-state index in [9.17, 15) is 9.59 Å². The van der Waals surface area contributed by atoms with Crippen molar-refractivity contribution in [1.29, 1.82) is 0 Å². The number of esters is 1. The number of hydrogen-bond donors (Lipinski definition) is 0. The van der Waals surface area contributed by atoms with E-state index in [-0.39, 0.29) is 24.6 Å². The van der Waals surface area contributed by atoms with Crippen LogP contribution in [0.2, 0.25) is 5.02 Å². The molecule has 0 radical (unpaired) electrons. The Balaban J connectivity index is 1.95. The molecule has 0 aliphatic carbocycles. The van der Waals surface area contributed by atoms with E-state index < -0.39 is 0 Å². The first kappa shape index (κ1) is 29.0. The number of ether oxygens (including phenoxy) is 1. The predicted molar refractivity (Wildman–Crippen MR) is 149 cm³/mol. The fourth-order valence-electron chi connectivity index (χ4n) is 4.98. The van der Waals surface area contributed by atoms with Crippen molar-refractivity contribution in [3.63, 3.8) is 0 Å². The van der Waals surface area contributed by atoms with Crippen molar-refractivity contribution in [1.82, 2.24) is 4.90 Å². The summed E-state index contributed by atoms with van der Waals surface area (Å²) in [5.74, 6) is -0.411. The van der Waals surface area contributed by atoms with Gasteiger partial charge >= 0.3 is 5.97 Å². The van der Waals surface area contributed by atoms with Crippen LogP contribution in [0.3, 0.4) is 0 Å². The lowest BCUT2D eigenvalue weighted by Gasteiger charge is -2.26. The zero-order valence-electron chi connectivity index (χ0n) is 22.8. The summed E-state index contributed by atoms with van der Waals surface area (Å²) in [6, 6.07) is 1.92. The number of rotatable bonds is 5. The Bertz CT molecular complexity index is 1050. The Labute approximate surface area is 226 Å². The van der Waals surface area contributed by atoms with Gasteiger partial charge in [-0.05, 0) is 82.1 Å². The van der Waals surface area contributed by atoms with Crippen molar-refractivity contribution in [3.8, 4) is 0 Å². The van der Waals surface area contributed by atoms with Crippen LogP contribution in [0.4, 0.5) is 0 Å². The molecule has 1 unspecified atom stereocenters. The van der Waals surface area contributed by atoms with Gasteiger partial charge in [0.15, 0.2) is 6.61 Å². The van der Waals surface area contributed by atoms with Crippen molar-refractivity contribution >= 4 is 29.2 Å². The molecular formula is C30H41ClN2O4. The molecule has 1 atom stereocenters. The maximum absolute atomic E-state index is 13.5. The highest BCUT2D eigenvalue weighted by atomic mass is 35.5. The molecule has 2 aliphatic heterocycles. The van der Waals surface area contributed by atoms with E-state index in [4.69, 9.17) is 21.2 Å². The number of cyclic esters (lactones) is 1. The molecule has 1 amide bonds. The average molecular weight is 529 g/mol. The van der Waals surface area contributed by atoms with E-state index in [1.54, 1.807) is 0 Å². The number of benzene rings is 1. The number of allylic oxidation sites excluding steroid dienone is 3. The fourth-order valence-corrected chi connectivity index (χ4v) is 5.20. The molecule has 0 spiro atoms. The van der Waals surface area contributed by atoms with Crippen molar-refractivity contribution < 1.29 is 19.2 Å². The van der Waals surface area contributed by atoms with Gasteiger partial charge in [0.2, 0.25) is 0 Å². The Morgan fingerprint density at radius 1 is 1.16 bits per heavy atom. The molecule has 1 saturated heterocycles. The van der Waals surface area contributed by atoms with E-state index in [0.29, 0.717) is 34.7 Å².